The lowest BCUT2D eigenvalue weighted by atomic mass is 10.1. The van der Waals surface area contributed by atoms with Crippen LogP contribution in [0.15, 0.2) is 18.2 Å². The van der Waals surface area contributed by atoms with E-state index in [1.807, 2.05) is 26.0 Å². The van der Waals surface area contributed by atoms with Crippen LogP contribution in [-0.2, 0) is 4.79 Å². The van der Waals surface area contributed by atoms with Gasteiger partial charge in [0.2, 0.25) is 5.91 Å². The van der Waals surface area contributed by atoms with Gasteiger partial charge in [-0.3, -0.25) is 4.79 Å². The average Bonchev–Trinajstić information content (AvgIpc) is 2.52. The molecule has 5 nitrogen and oxygen atoms in total. The number of nitrogens with zero attached hydrogens (tertiary/aromatic N) is 1. The molecule has 2 rings (SSSR count). The summed E-state index contributed by atoms with van der Waals surface area (Å²) in [6, 6.07) is 5.78. The lowest BCUT2D eigenvalue weighted by Gasteiger charge is -2.20. The highest BCUT2D eigenvalue weighted by molar-refractivity contribution is 5.90. The Labute approximate surface area is 113 Å². The molecule has 1 saturated heterocycles. The molecule has 0 aromatic heterocycles. The van der Waals surface area contributed by atoms with Crippen molar-refractivity contribution >= 4 is 17.6 Å². The molecule has 0 spiro atoms. The van der Waals surface area contributed by atoms with Crippen molar-refractivity contribution in [2.75, 3.05) is 25.0 Å². The number of anilines is 1. The zero-order chi connectivity index (χ0) is 13.8. The van der Waals surface area contributed by atoms with Crippen LogP contribution in [0, 0.1) is 13.8 Å². The van der Waals surface area contributed by atoms with E-state index in [1.165, 1.54) is 0 Å². The topological polar surface area (TPSA) is 61.4 Å². The molecule has 0 bridgehead atoms. The summed E-state index contributed by atoms with van der Waals surface area (Å²) < 4.78 is 0. The first kappa shape index (κ1) is 13.4. The van der Waals surface area contributed by atoms with Gasteiger partial charge in [-0.1, -0.05) is 6.07 Å². The van der Waals surface area contributed by atoms with Crippen LogP contribution >= 0.6 is 0 Å². The predicted molar refractivity (Wildman–Crippen MR) is 74.1 cm³/mol. The monoisotopic (exact) mass is 261 g/mol. The van der Waals surface area contributed by atoms with Crippen LogP contribution in [0.5, 0.6) is 0 Å². The SMILES string of the molecule is Cc1cc(C)cc(NC(=O)N2CCNC(=O)CC2)c1. The molecule has 0 radical (unpaired) electrons. The number of nitrogens with one attached hydrogen (secondary N) is 2. The van der Waals surface area contributed by atoms with Gasteiger partial charge in [0, 0.05) is 31.7 Å². The molecule has 0 saturated carbocycles. The van der Waals surface area contributed by atoms with Crippen LogP contribution in [0.2, 0.25) is 0 Å². The number of amides is 3. The number of rotatable bonds is 1. The molecule has 1 aromatic carbocycles. The van der Waals surface area contributed by atoms with Crippen molar-refractivity contribution < 1.29 is 9.59 Å². The van der Waals surface area contributed by atoms with Crippen LogP contribution in [0.25, 0.3) is 0 Å². The number of carbonyl (C=O) groups is 2. The summed E-state index contributed by atoms with van der Waals surface area (Å²) in [4.78, 5) is 25.0. The zero-order valence-corrected chi connectivity index (χ0v) is 11.3. The Morgan fingerprint density at radius 3 is 2.58 bits per heavy atom. The van der Waals surface area contributed by atoms with Gasteiger partial charge in [-0.15, -0.1) is 0 Å². The second kappa shape index (κ2) is 5.73. The van der Waals surface area contributed by atoms with Crippen molar-refractivity contribution in [3.05, 3.63) is 29.3 Å². The quantitative estimate of drug-likeness (QED) is 0.807. The van der Waals surface area contributed by atoms with Crippen molar-refractivity contribution in [3.8, 4) is 0 Å². The zero-order valence-electron chi connectivity index (χ0n) is 11.3. The van der Waals surface area contributed by atoms with E-state index in [0.717, 1.165) is 16.8 Å². The fraction of sp³-hybridized carbons (Fsp3) is 0.429. The van der Waals surface area contributed by atoms with Crippen LogP contribution in [0.4, 0.5) is 10.5 Å². The summed E-state index contributed by atoms with van der Waals surface area (Å²) in [6.45, 7) is 5.51. The first-order valence-electron chi connectivity index (χ1n) is 6.45. The van der Waals surface area contributed by atoms with E-state index in [0.29, 0.717) is 26.1 Å². The van der Waals surface area contributed by atoms with Crippen molar-refractivity contribution in [1.82, 2.24) is 10.2 Å². The second-order valence-corrected chi connectivity index (χ2v) is 4.89. The first-order chi connectivity index (χ1) is 9.04. The molecular formula is C14H19N3O2. The maximum Gasteiger partial charge on any atom is 0.321 e. The molecule has 2 N–H and O–H groups in total. The minimum atomic E-state index is -0.151. The molecule has 1 aromatic rings. The Morgan fingerprint density at radius 1 is 1.21 bits per heavy atom. The molecule has 0 atom stereocenters. The highest BCUT2D eigenvalue weighted by Crippen LogP contribution is 2.14. The van der Waals surface area contributed by atoms with E-state index in [4.69, 9.17) is 0 Å². The highest BCUT2D eigenvalue weighted by Gasteiger charge is 2.18. The third-order valence-corrected chi connectivity index (χ3v) is 3.07. The number of carbonyl (C=O) groups excluding carboxylic acids is 2. The van der Waals surface area contributed by atoms with E-state index >= 15 is 0 Å². The normalized spacial score (nSPS) is 15.7. The van der Waals surface area contributed by atoms with E-state index in [9.17, 15) is 9.59 Å². The number of hydrogen-bond acceptors (Lipinski definition) is 2. The van der Waals surface area contributed by atoms with Crippen LogP contribution in [-0.4, -0.2) is 36.5 Å². The summed E-state index contributed by atoms with van der Waals surface area (Å²) in [6.07, 6.45) is 0.361. The van der Waals surface area contributed by atoms with Gasteiger partial charge in [0.25, 0.3) is 0 Å². The largest absolute Gasteiger partial charge is 0.354 e. The van der Waals surface area contributed by atoms with Crippen LogP contribution in [0.3, 0.4) is 0 Å². The van der Waals surface area contributed by atoms with E-state index < -0.39 is 0 Å². The lowest BCUT2D eigenvalue weighted by molar-refractivity contribution is -0.120. The minimum Gasteiger partial charge on any atom is -0.354 e. The molecular weight excluding hydrogens is 242 g/mol. The Kier molecular flexibility index (Phi) is 4.04. The Bertz CT molecular complexity index is 479. The summed E-state index contributed by atoms with van der Waals surface area (Å²) in [5, 5.41) is 5.63. The predicted octanol–water partition coefficient (Wildman–Crippen LogP) is 1.66. The number of benzene rings is 1. The van der Waals surface area contributed by atoms with E-state index in [1.54, 1.807) is 4.90 Å². The van der Waals surface area contributed by atoms with Gasteiger partial charge in [0.1, 0.15) is 0 Å². The van der Waals surface area contributed by atoms with Crippen LogP contribution < -0.4 is 10.6 Å². The average molecular weight is 261 g/mol. The fourth-order valence-electron chi connectivity index (χ4n) is 2.22. The third kappa shape index (κ3) is 3.71. The lowest BCUT2D eigenvalue weighted by Crippen LogP contribution is -2.37. The standard InChI is InChI=1S/C14H19N3O2/c1-10-7-11(2)9-12(8-10)16-14(19)17-5-3-13(18)15-4-6-17/h7-9H,3-6H2,1-2H3,(H,15,18)(H,16,19). The summed E-state index contributed by atoms with van der Waals surface area (Å²) in [5.74, 6) is 0.00157. The Hall–Kier alpha value is -2.04. The molecule has 1 heterocycles. The fourth-order valence-corrected chi connectivity index (χ4v) is 2.22. The van der Waals surface area contributed by atoms with Gasteiger partial charge in [-0.05, 0) is 37.1 Å². The molecule has 3 amide bonds. The molecule has 0 aliphatic carbocycles. The van der Waals surface area contributed by atoms with Gasteiger partial charge in [-0.25, -0.2) is 4.79 Å². The maximum absolute atomic E-state index is 12.1. The van der Waals surface area contributed by atoms with Gasteiger partial charge in [-0.2, -0.15) is 0 Å². The number of aryl methyl sites for hydroxylation is 2. The summed E-state index contributed by atoms with van der Waals surface area (Å²) in [7, 11) is 0. The first-order valence-corrected chi connectivity index (χ1v) is 6.45. The van der Waals surface area contributed by atoms with Crippen molar-refractivity contribution in [1.29, 1.82) is 0 Å². The highest BCUT2D eigenvalue weighted by atomic mass is 16.2. The third-order valence-electron chi connectivity index (χ3n) is 3.07. The molecule has 1 aliphatic heterocycles. The van der Waals surface area contributed by atoms with E-state index in [2.05, 4.69) is 16.7 Å². The molecule has 1 fully saturated rings. The number of urea groups is 1. The molecule has 102 valence electrons. The van der Waals surface area contributed by atoms with Gasteiger partial charge in [0.05, 0.1) is 0 Å². The maximum atomic E-state index is 12.1. The van der Waals surface area contributed by atoms with Crippen molar-refractivity contribution in [2.45, 2.75) is 20.3 Å². The van der Waals surface area contributed by atoms with Crippen molar-refractivity contribution in [3.63, 3.8) is 0 Å². The minimum absolute atomic E-state index is 0.00157. The van der Waals surface area contributed by atoms with Crippen LogP contribution in [0.1, 0.15) is 17.5 Å². The smallest absolute Gasteiger partial charge is 0.321 e. The van der Waals surface area contributed by atoms with Gasteiger partial charge < -0.3 is 15.5 Å². The summed E-state index contributed by atoms with van der Waals surface area (Å²) >= 11 is 0. The molecule has 19 heavy (non-hydrogen) atoms. The molecule has 0 unspecified atom stereocenters. The Balaban J connectivity index is 2.01. The Morgan fingerprint density at radius 2 is 1.89 bits per heavy atom. The van der Waals surface area contributed by atoms with Crippen molar-refractivity contribution in [2.24, 2.45) is 0 Å². The van der Waals surface area contributed by atoms with Gasteiger partial charge >= 0.3 is 6.03 Å². The van der Waals surface area contributed by atoms with Gasteiger partial charge in [0.15, 0.2) is 0 Å². The molecule has 5 heteroatoms. The summed E-state index contributed by atoms with van der Waals surface area (Å²) in [5.41, 5.74) is 3.03. The van der Waals surface area contributed by atoms with E-state index in [-0.39, 0.29) is 11.9 Å². The number of hydrogen-bond donors (Lipinski definition) is 2. The molecule has 1 aliphatic rings. The second-order valence-electron chi connectivity index (χ2n) is 4.89.